The van der Waals surface area contributed by atoms with Crippen LogP contribution in [-0.2, 0) is 41.1 Å². The highest BCUT2D eigenvalue weighted by atomic mass is 32.2. The Kier molecular flexibility index (Phi) is 6.08. The van der Waals surface area contributed by atoms with Crippen LogP contribution < -0.4 is 0 Å². The van der Waals surface area contributed by atoms with Gasteiger partial charge in [0, 0.05) is 32.9 Å². The first-order chi connectivity index (χ1) is 13.9. The third kappa shape index (κ3) is 5.26. The van der Waals surface area contributed by atoms with Gasteiger partial charge in [-0.1, -0.05) is 0 Å². The number of hydrogen-bond donors (Lipinski definition) is 0. The Balaban J connectivity index is 1.48. The van der Waals surface area contributed by atoms with Crippen molar-refractivity contribution in [2.24, 2.45) is 13.0 Å². The number of ether oxygens (including phenoxy) is 1. The molecule has 0 spiro atoms. The first-order valence-electron chi connectivity index (χ1n) is 10.5. The van der Waals surface area contributed by atoms with Crippen molar-refractivity contribution in [2.75, 3.05) is 26.0 Å². The lowest BCUT2D eigenvalue weighted by molar-refractivity contribution is 0.0934. The molecule has 29 heavy (non-hydrogen) atoms. The summed E-state index contributed by atoms with van der Waals surface area (Å²) in [4.78, 5) is 6.57. The molecule has 1 atom stereocenters. The molecule has 1 saturated carbocycles. The van der Waals surface area contributed by atoms with Crippen LogP contribution in [0.4, 0.5) is 0 Å². The zero-order valence-corrected chi connectivity index (χ0v) is 18.1. The fourth-order valence-electron chi connectivity index (χ4n) is 3.90. The predicted octanol–water partition coefficient (Wildman–Crippen LogP) is 1.65. The maximum atomic E-state index is 12.9. The minimum atomic E-state index is -3.37. The van der Waals surface area contributed by atoms with Gasteiger partial charge >= 0.3 is 0 Å². The van der Waals surface area contributed by atoms with E-state index in [4.69, 9.17) is 4.74 Å². The summed E-state index contributed by atoms with van der Waals surface area (Å²) in [5, 5.41) is 4.43. The van der Waals surface area contributed by atoms with E-state index in [1.807, 2.05) is 28.7 Å². The van der Waals surface area contributed by atoms with Crippen LogP contribution in [-0.4, -0.2) is 64.7 Å². The highest BCUT2D eigenvalue weighted by molar-refractivity contribution is 7.91. The lowest BCUT2D eigenvalue weighted by atomic mass is 10.2. The molecule has 160 valence electrons. The van der Waals surface area contributed by atoms with Crippen molar-refractivity contribution in [1.29, 1.82) is 0 Å². The number of likely N-dealkylation sites (N-methyl/N-ethyl adjacent to an activating group) is 1. The maximum absolute atomic E-state index is 12.9. The molecular weight excluding hydrogens is 390 g/mol. The van der Waals surface area contributed by atoms with Gasteiger partial charge in [0.25, 0.3) is 0 Å². The highest BCUT2D eigenvalue weighted by Gasteiger charge is 2.33. The molecule has 0 radical (unpaired) electrons. The fourth-order valence-corrected chi connectivity index (χ4v) is 5.74. The van der Waals surface area contributed by atoms with E-state index in [9.17, 15) is 8.42 Å². The monoisotopic (exact) mass is 421 g/mol. The van der Waals surface area contributed by atoms with Crippen LogP contribution >= 0.6 is 0 Å². The molecule has 2 aromatic rings. The number of nitrogens with zero attached hydrogens (tertiary/aromatic N) is 5. The summed E-state index contributed by atoms with van der Waals surface area (Å²) in [5.74, 6) is 0.518. The highest BCUT2D eigenvalue weighted by Crippen LogP contribution is 2.32. The SMILES string of the molecule is CN(CCc1cnn(C)c1)Cc1cnc(S(=O)(=O)CC2CC2)n1C[C@@H]1CCCO1. The minimum absolute atomic E-state index is 0.0681. The largest absolute Gasteiger partial charge is 0.376 e. The Morgan fingerprint density at radius 1 is 1.28 bits per heavy atom. The van der Waals surface area contributed by atoms with Crippen molar-refractivity contribution in [2.45, 2.75) is 56.5 Å². The molecule has 3 heterocycles. The van der Waals surface area contributed by atoms with E-state index in [0.29, 0.717) is 19.0 Å². The standard InChI is InChI=1S/C20H31N5O3S/c1-23(8-7-17-10-22-24(2)12-17)13-18-11-21-20(29(26,27)15-16-5-6-16)25(18)14-19-4-3-9-28-19/h10-12,16,19H,3-9,13-15H2,1-2H3/t19-/m0/s1. The Morgan fingerprint density at radius 3 is 2.76 bits per heavy atom. The van der Waals surface area contributed by atoms with Gasteiger partial charge in [-0.05, 0) is 50.6 Å². The summed E-state index contributed by atoms with van der Waals surface area (Å²) in [6, 6.07) is 0. The van der Waals surface area contributed by atoms with E-state index in [1.54, 1.807) is 6.20 Å². The van der Waals surface area contributed by atoms with Crippen molar-refractivity contribution < 1.29 is 13.2 Å². The van der Waals surface area contributed by atoms with Gasteiger partial charge in [0.2, 0.25) is 15.0 Å². The van der Waals surface area contributed by atoms with Crippen molar-refractivity contribution in [3.05, 3.63) is 29.8 Å². The van der Waals surface area contributed by atoms with Crippen LogP contribution in [0.5, 0.6) is 0 Å². The number of aryl methyl sites for hydroxylation is 1. The first kappa shape index (κ1) is 20.6. The van der Waals surface area contributed by atoms with Gasteiger partial charge in [-0.3, -0.25) is 4.68 Å². The molecule has 0 bridgehead atoms. The third-order valence-electron chi connectivity index (χ3n) is 5.71. The molecule has 9 heteroatoms. The van der Waals surface area contributed by atoms with Crippen molar-refractivity contribution in [3.8, 4) is 0 Å². The summed E-state index contributed by atoms with van der Waals surface area (Å²) in [7, 11) is 0.601. The molecule has 4 rings (SSSR count). The average Bonchev–Trinajstić information content (AvgIpc) is 3.05. The van der Waals surface area contributed by atoms with E-state index in [1.165, 1.54) is 5.56 Å². The Morgan fingerprint density at radius 2 is 2.10 bits per heavy atom. The van der Waals surface area contributed by atoms with Crippen LogP contribution in [0.3, 0.4) is 0 Å². The summed E-state index contributed by atoms with van der Waals surface area (Å²) in [5.41, 5.74) is 2.13. The summed E-state index contributed by atoms with van der Waals surface area (Å²) in [6.45, 7) is 2.83. The van der Waals surface area contributed by atoms with Crippen LogP contribution in [0, 0.1) is 5.92 Å². The van der Waals surface area contributed by atoms with E-state index in [-0.39, 0.29) is 17.0 Å². The Hall–Kier alpha value is -1.71. The summed E-state index contributed by atoms with van der Waals surface area (Å²) >= 11 is 0. The number of aromatic nitrogens is 4. The average molecular weight is 422 g/mol. The summed E-state index contributed by atoms with van der Waals surface area (Å²) in [6.07, 6.45) is 10.6. The second-order valence-corrected chi connectivity index (χ2v) is 10.4. The quantitative estimate of drug-likeness (QED) is 0.580. The van der Waals surface area contributed by atoms with Gasteiger partial charge in [-0.25, -0.2) is 13.4 Å². The molecule has 1 aliphatic heterocycles. The van der Waals surface area contributed by atoms with Crippen molar-refractivity contribution in [1.82, 2.24) is 24.2 Å². The van der Waals surface area contributed by atoms with Gasteiger partial charge in [-0.15, -0.1) is 0 Å². The van der Waals surface area contributed by atoms with Gasteiger partial charge in [0.15, 0.2) is 0 Å². The topological polar surface area (TPSA) is 82.3 Å². The van der Waals surface area contributed by atoms with E-state index in [0.717, 1.165) is 50.9 Å². The molecule has 1 saturated heterocycles. The molecule has 2 fully saturated rings. The molecule has 2 aliphatic rings. The van der Waals surface area contributed by atoms with Crippen LogP contribution in [0.1, 0.15) is 36.9 Å². The zero-order chi connectivity index (χ0) is 20.4. The second-order valence-electron chi connectivity index (χ2n) is 8.51. The normalized spacial score (nSPS) is 20.0. The van der Waals surface area contributed by atoms with E-state index >= 15 is 0 Å². The smallest absolute Gasteiger partial charge is 0.227 e. The van der Waals surface area contributed by atoms with Gasteiger partial charge in [-0.2, -0.15) is 5.10 Å². The maximum Gasteiger partial charge on any atom is 0.227 e. The number of rotatable bonds is 10. The van der Waals surface area contributed by atoms with Crippen LogP contribution in [0.25, 0.3) is 0 Å². The predicted molar refractivity (Wildman–Crippen MR) is 109 cm³/mol. The van der Waals surface area contributed by atoms with Crippen LogP contribution in [0.15, 0.2) is 23.7 Å². The third-order valence-corrected chi connectivity index (χ3v) is 7.51. The van der Waals surface area contributed by atoms with Gasteiger partial charge < -0.3 is 14.2 Å². The molecule has 0 aromatic carbocycles. The minimum Gasteiger partial charge on any atom is -0.376 e. The van der Waals surface area contributed by atoms with E-state index < -0.39 is 9.84 Å². The first-order valence-corrected chi connectivity index (χ1v) is 12.1. The Labute approximate surface area is 172 Å². The zero-order valence-electron chi connectivity index (χ0n) is 17.3. The lowest BCUT2D eigenvalue weighted by Crippen LogP contribution is -2.26. The number of sulfone groups is 1. The van der Waals surface area contributed by atoms with Gasteiger partial charge in [0.05, 0.1) is 36.5 Å². The van der Waals surface area contributed by atoms with Crippen molar-refractivity contribution in [3.63, 3.8) is 0 Å². The molecule has 8 nitrogen and oxygen atoms in total. The van der Waals surface area contributed by atoms with E-state index in [2.05, 4.69) is 22.0 Å². The molecule has 1 aliphatic carbocycles. The molecule has 0 unspecified atom stereocenters. The molecule has 0 N–H and O–H groups in total. The molecule has 0 amide bonds. The Bertz CT molecular complexity index is 926. The summed E-state index contributed by atoms with van der Waals surface area (Å²) < 4.78 is 35.4. The van der Waals surface area contributed by atoms with Crippen molar-refractivity contribution >= 4 is 9.84 Å². The lowest BCUT2D eigenvalue weighted by Gasteiger charge is -2.20. The fraction of sp³-hybridized carbons (Fsp3) is 0.700. The van der Waals surface area contributed by atoms with Gasteiger partial charge in [0.1, 0.15) is 0 Å². The van der Waals surface area contributed by atoms with Crippen LogP contribution in [0.2, 0.25) is 0 Å². The number of imidazole rings is 1. The number of hydrogen-bond acceptors (Lipinski definition) is 6. The second kappa shape index (κ2) is 8.57. The molecule has 2 aromatic heterocycles. The molecular formula is C20H31N5O3S.